The first-order valence-electron chi connectivity index (χ1n) is 7.88. The minimum Gasteiger partial charge on any atom is -0.497 e. The Bertz CT molecular complexity index is 815. The Morgan fingerprint density at radius 1 is 1.24 bits per heavy atom. The van der Waals surface area contributed by atoms with E-state index < -0.39 is 17.7 Å². The fourth-order valence-corrected chi connectivity index (χ4v) is 2.91. The maximum atomic E-state index is 11.4. The number of methoxy groups -OCH3 is 1. The summed E-state index contributed by atoms with van der Waals surface area (Å²) in [5.74, 6) is -2.65. The molecular formula is C19H19NO5. The lowest BCUT2D eigenvalue weighted by atomic mass is 9.85. The fraction of sp³-hybridized carbons (Fsp3) is 0.263. The van der Waals surface area contributed by atoms with Crippen molar-refractivity contribution in [3.8, 4) is 5.75 Å². The van der Waals surface area contributed by atoms with Crippen LogP contribution in [0.4, 0.5) is 0 Å². The normalized spacial score (nSPS) is 22.2. The highest BCUT2D eigenvalue weighted by molar-refractivity contribution is 5.92. The SMILES string of the molecule is COc1ccc(CC2=NOC(O)(c3ccccc3C(=O)O)C2C)cc1. The van der Waals surface area contributed by atoms with Gasteiger partial charge >= 0.3 is 5.97 Å². The number of carboxylic acids is 1. The average Bonchev–Trinajstić information content (AvgIpc) is 2.92. The molecule has 2 aromatic carbocycles. The Hall–Kier alpha value is -2.86. The van der Waals surface area contributed by atoms with E-state index >= 15 is 0 Å². The molecule has 0 amide bonds. The van der Waals surface area contributed by atoms with E-state index in [1.807, 2.05) is 24.3 Å². The van der Waals surface area contributed by atoms with Crippen LogP contribution >= 0.6 is 0 Å². The van der Waals surface area contributed by atoms with Crippen molar-refractivity contribution in [1.82, 2.24) is 0 Å². The third-order valence-electron chi connectivity index (χ3n) is 4.48. The molecule has 0 aliphatic carbocycles. The van der Waals surface area contributed by atoms with Crippen LogP contribution < -0.4 is 4.74 Å². The second-order valence-electron chi connectivity index (χ2n) is 5.97. The number of ether oxygens (including phenoxy) is 1. The van der Waals surface area contributed by atoms with Gasteiger partial charge in [0.05, 0.1) is 24.3 Å². The number of carbonyl (C=O) groups is 1. The third kappa shape index (κ3) is 3.08. The van der Waals surface area contributed by atoms with Gasteiger partial charge in [-0.25, -0.2) is 4.79 Å². The van der Waals surface area contributed by atoms with Crippen molar-refractivity contribution in [2.45, 2.75) is 19.1 Å². The van der Waals surface area contributed by atoms with E-state index in [0.717, 1.165) is 11.3 Å². The largest absolute Gasteiger partial charge is 0.497 e. The van der Waals surface area contributed by atoms with Crippen molar-refractivity contribution < 1.29 is 24.6 Å². The van der Waals surface area contributed by atoms with Crippen LogP contribution in [0.5, 0.6) is 5.75 Å². The zero-order valence-corrected chi connectivity index (χ0v) is 14.0. The Kier molecular flexibility index (Phi) is 4.46. The summed E-state index contributed by atoms with van der Waals surface area (Å²) in [6.45, 7) is 1.77. The van der Waals surface area contributed by atoms with Gasteiger partial charge in [-0.3, -0.25) is 0 Å². The molecule has 0 saturated heterocycles. The van der Waals surface area contributed by atoms with Crippen molar-refractivity contribution in [2.75, 3.05) is 7.11 Å². The molecule has 2 unspecified atom stereocenters. The Labute approximate surface area is 145 Å². The van der Waals surface area contributed by atoms with E-state index in [4.69, 9.17) is 9.57 Å². The number of hydrogen-bond donors (Lipinski definition) is 2. The first-order chi connectivity index (χ1) is 12.0. The van der Waals surface area contributed by atoms with Gasteiger partial charge in [0.15, 0.2) is 0 Å². The van der Waals surface area contributed by atoms with Crippen LogP contribution in [0.2, 0.25) is 0 Å². The second-order valence-corrected chi connectivity index (χ2v) is 5.97. The molecule has 1 aliphatic rings. The Morgan fingerprint density at radius 3 is 2.56 bits per heavy atom. The zero-order valence-electron chi connectivity index (χ0n) is 14.0. The first kappa shape index (κ1) is 17.0. The summed E-state index contributed by atoms with van der Waals surface area (Å²) in [5, 5.41) is 24.4. The van der Waals surface area contributed by atoms with Gasteiger partial charge in [-0.1, -0.05) is 42.4 Å². The smallest absolute Gasteiger partial charge is 0.336 e. The summed E-state index contributed by atoms with van der Waals surface area (Å²) in [6.07, 6.45) is 0.489. The molecule has 1 aliphatic heterocycles. The molecule has 2 aromatic rings. The van der Waals surface area contributed by atoms with Crippen LogP contribution in [0.3, 0.4) is 0 Å². The summed E-state index contributed by atoms with van der Waals surface area (Å²) < 4.78 is 5.14. The number of rotatable bonds is 5. The van der Waals surface area contributed by atoms with Crippen LogP contribution in [0.15, 0.2) is 53.7 Å². The summed E-state index contributed by atoms with van der Waals surface area (Å²) in [7, 11) is 1.60. The lowest BCUT2D eigenvalue weighted by Gasteiger charge is -2.27. The van der Waals surface area contributed by atoms with Gasteiger partial charge in [0, 0.05) is 12.0 Å². The predicted octanol–water partition coefficient (Wildman–Crippen LogP) is 2.80. The maximum Gasteiger partial charge on any atom is 0.336 e. The summed E-state index contributed by atoms with van der Waals surface area (Å²) in [6, 6.07) is 13.8. The quantitative estimate of drug-likeness (QED) is 0.873. The maximum absolute atomic E-state index is 11.4. The van der Waals surface area contributed by atoms with E-state index in [-0.39, 0.29) is 11.1 Å². The molecule has 2 N–H and O–H groups in total. The van der Waals surface area contributed by atoms with E-state index in [1.165, 1.54) is 6.07 Å². The molecule has 0 saturated carbocycles. The van der Waals surface area contributed by atoms with Crippen molar-refractivity contribution in [1.29, 1.82) is 0 Å². The van der Waals surface area contributed by atoms with Gasteiger partial charge in [-0.05, 0) is 23.8 Å². The van der Waals surface area contributed by atoms with Crippen molar-refractivity contribution in [2.24, 2.45) is 11.1 Å². The highest BCUT2D eigenvalue weighted by Crippen LogP contribution is 2.39. The Balaban J connectivity index is 1.84. The zero-order chi connectivity index (χ0) is 18.0. The van der Waals surface area contributed by atoms with Crippen molar-refractivity contribution >= 4 is 11.7 Å². The lowest BCUT2D eigenvalue weighted by Crippen LogP contribution is -2.36. The van der Waals surface area contributed by atoms with Gasteiger partial charge in [-0.15, -0.1) is 0 Å². The van der Waals surface area contributed by atoms with Crippen LogP contribution in [0.25, 0.3) is 0 Å². The van der Waals surface area contributed by atoms with Gasteiger partial charge in [0.25, 0.3) is 5.79 Å². The highest BCUT2D eigenvalue weighted by atomic mass is 16.7. The van der Waals surface area contributed by atoms with Gasteiger partial charge in [0.1, 0.15) is 5.75 Å². The number of aromatic carboxylic acids is 1. The molecule has 25 heavy (non-hydrogen) atoms. The van der Waals surface area contributed by atoms with Crippen LogP contribution in [-0.2, 0) is 17.0 Å². The summed E-state index contributed by atoms with van der Waals surface area (Å²) in [4.78, 5) is 16.8. The molecular weight excluding hydrogens is 322 g/mol. The lowest BCUT2D eigenvalue weighted by molar-refractivity contribution is -0.214. The number of hydrogen-bond acceptors (Lipinski definition) is 5. The second kappa shape index (κ2) is 6.57. The first-order valence-corrected chi connectivity index (χ1v) is 7.88. The number of benzene rings is 2. The average molecular weight is 341 g/mol. The molecule has 0 fully saturated rings. The van der Waals surface area contributed by atoms with E-state index in [0.29, 0.717) is 12.1 Å². The molecule has 6 heteroatoms. The number of carboxylic acid groups (broad SMARTS) is 1. The molecule has 2 atom stereocenters. The number of nitrogens with zero attached hydrogens (tertiary/aromatic N) is 1. The molecule has 0 radical (unpaired) electrons. The predicted molar refractivity (Wildman–Crippen MR) is 91.7 cm³/mol. The molecule has 0 spiro atoms. The topological polar surface area (TPSA) is 88.4 Å². The number of oxime groups is 1. The summed E-state index contributed by atoms with van der Waals surface area (Å²) >= 11 is 0. The van der Waals surface area contributed by atoms with E-state index in [2.05, 4.69) is 5.16 Å². The van der Waals surface area contributed by atoms with Crippen molar-refractivity contribution in [3.63, 3.8) is 0 Å². The third-order valence-corrected chi connectivity index (χ3v) is 4.48. The van der Waals surface area contributed by atoms with Crippen LogP contribution in [0.1, 0.15) is 28.4 Å². The molecule has 3 rings (SSSR count). The molecule has 130 valence electrons. The molecule has 6 nitrogen and oxygen atoms in total. The van der Waals surface area contributed by atoms with E-state index in [9.17, 15) is 15.0 Å². The van der Waals surface area contributed by atoms with Crippen molar-refractivity contribution in [3.05, 3.63) is 65.2 Å². The molecule has 0 aromatic heterocycles. The minimum atomic E-state index is -1.79. The monoisotopic (exact) mass is 341 g/mol. The van der Waals surface area contributed by atoms with E-state index in [1.54, 1.807) is 32.2 Å². The summed E-state index contributed by atoms with van der Waals surface area (Å²) in [5.41, 5.74) is 1.83. The fourth-order valence-electron chi connectivity index (χ4n) is 2.91. The minimum absolute atomic E-state index is 0.00209. The molecule has 1 heterocycles. The van der Waals surface area contributed by atoms with Gasteiger partial charge < -0.3 is 19.8 Å². The standard InChI is InChI=1S/C19H19NO5/c1-12-17(11-13-7-9-14(24-2)10-8-13)20-25-19(12,23)16-6-4-3-5-15(16)18(21)22/h3-10,12,23H,11H2,1-2H3,(H,21,22). The van der Waals surface area contributed by atoms with Crippen LogP contribution in [0, 0.1) is 5.92 Å². The Morgan fingerprint density at radius 2 is 1.92 bits per heavy atom. The van der Waals surface area contributed by atoms with Crippen LogP contribution in [-0.4, -0.2) is 29.0 Å². The number of aliphatic hydroxyl groups is 1. The highest BCUT2D eigenvalue weighted by Gasteiger charge is 2.48. The van der Waals surface area contributed by atoms with Gasteiger partial charge in [0.2, 0.25) is 0 Å². The van der Waals surface area contributed by atoms with Gasteiger partial charge in [-0.2, -0.15) is 0 Å². The molecule has 0 bridgehead atoms.